The van der Waals surface area contributed by atoms with E-state index < -0.39 is 10.3 Å². The third-order valence-corrected chi connectivity index (χ3v) is 0.289. The van der Waals surface area contributed by atoms with Gasteiger partial charge in [0.2, 0.25) is 10.3 Å². The maximum atomic E-state index is 9.12. The summed E-state index contributed by atoms with van der Waals surface area (Å²) in [6, 6.07) is 0. The lowest BCUT2D eigenvalue weighted by Gasteiger charge is -1.38. The predicted molar refractivity (Wildman–Crippen MR) is 18.1 cm³/mol. The van der Waals surface area contributed by atoms with Crippen LogP contribution in [0, 0.1) is 0 Å². The van der Waals surface area contributed by atoms with Crippen LogP contribution in [-0.4, -0.2) is 13.9 Å². The van der Waals surface area contributed by atoms with Gasteiger partial charge in [0.05, 0.1) is 0 Å². The highest BCUT2D eigenvalue weighted by atomic mass is 32.2. The lowest BCUT2D eigenvalue weighted by atomic mass is 11.6. The van der Waals surface area contributed by atoms with Crippen molar-refractivity contribution in [1.29, 1.82) is 0 Å². The Morgan fingerprint density at radius 1 is 1.60 bits per heavy atom. The molecule has 0 aromatic carbocycles. The Balaban J connectivity index is 4.25. The van der Waals surface area contributed by atoms with Crippen LogP contribution in [0.25, 0.3) is 0 Å². The maximum absolute atomic E-state index is 9.12. The quantitative estimate of drug-likeness (QED) is 0.356. The first-order valence-corrected chi connectivity index (χ1v) is 2.00. The average Bonchev–Trinajstić information content (AvgIpc) is 1.38. The Kier molecular flexibility index (Phi) is 1.79. The van der Waals surface area contributed by atoms with E-state index in [-0.39, 0.29) is 0 Å². The zero-order valence-electron chi connectivity index (χ0n) is 2.30. The minimum atomic E-state index is -2.28. The van der Waals surface area contributed by atoms with Crippen molar-refractivity contribution in [3.05, 3.63) is 0 Å². The van der Waals surface area contributed by atoms with Crippen LogP contribution in [0.2, 0.25) is 0 Å². The van der Waals surface area contributed by atoms with Gasteiger partial charge in [-0.1, -0.05) is 0 Å². The Morgan fingerprint density at radius 2 is 1.80 bits per heavy atom. The molecule has 0 bridgehead atoms. The third kappa shape index (κ3) is 3.65. The molecule has 0 fully saturated rings. The van der Waals surface area contributed by atoms with Gasteiger partial charge < -0.3 is 0 Å². The second kappa shape index (κ2) is 1.92. The van der Waals surface area contributed by atoms with E-state index >= 15 is 0 Å². The van der Waals surface area contributed by atoms with Crippen molar-refractivity contribution < 1.29 is 8.42 Å². The molecule has 3 nitrogen and oxygen atoms in total. The zero-order valence-corrected chi connectivity index (χ0v) is 3.12. The molecule has 29 valence electrons. The SMILES string of the molecule is [NH]C=S(=O)=O. The molecule has 1 N–H and O–H groups in total. The van der Waals surface area contributed by atoms with Crippen LogP contribution in [0.15, 0.2) is 0 Å². The molecular formula is CH2NO2S. The van der Waals surface area contributed by atoms with Crippen molar-refractivity contribution >= 4 is 15.8 Å². The average molecular weight is 92.1 g/mol. The molecule has 0 heterocycles. The molecule has 0 aliphatic heterocycles. The van der Waals surface area contributed by atoms with Gasteiger partial charge in [0.15, 0.2) is 0 Å². The molecule has 0 aromatic rings. The van der Waals surface area contributed by atoms with Gasteiger partial charge in [0.25, 0.3) is 0 Å². The first-order valence-electron chi connectivity index (χ1n) is 0.858. The van der Waals surface area contributed by atoms with Gasteiger partial charge in [-0.2, -0.15) is 8.42 Å². The summed E-state index contributed by atoms with van der Waals surface area (Å²) in [5.41, 5.74) is 6.25. The molecule has 0 amide bonds. The van der Waals surface area contributed by atoms with E-state index in [1.54, 1.807) is 0 Å². The molecule has 4 heteroatoms. The standard InChI is InChI=1S/CH2NO2S/c2-1-5(3)4/h1-2H. The smallest absolute Gasteiger partial charge is 0.215 e. The Labute approximate surface area is 30.9 Å². The number of nitrogens with one attached hydrogen (secondary N) is 1. The Bertz CT molecular complexity index is 113. The van der Waals surface area contributed by atoms with E-state index in [0.717, 1.165) is 0 Å². The van der Waals surface area contributed by atoms with Crippen LogP contribution >= 0.6 is 0 Å². The van der Waals surface area contributed by atoms with Crippen molar-refractivity contribution in [2.75, 3.05) is 0 Å². The monoisotopic (exact) mass is 92.0 g/mol. The van der Waals surface area contributed by atoms with Crippen LogP contribution in [0.3, 0.4) is 0 Å². The number of rotatable bonds is 0. The minimum Gasteiger partial charge on any atom is -0.215 e. The van der Waals surface area contributed by atoms with E-state index in [1.807, 2.05) is 0 Å². The fourth-order valence-corrected chi connectivity index (χ4v) is 0. The topological polar surface area (TPSA) is 57.9 Å². The second-order valence-electron chi connectivity index (χ2n) is 0.378. The maximum Gasteiger partial charge on any atom is 0.226 e. The van der Waals surface area contributed by atoms with Gasteiger partial charge in [-0.15, -0.1) is 0 Å². The molecule has 0 aliphatic rings. The van der Waals surface area contributed by atoms with Crippen LogP contribution < -0.4 is 5.73 Å². The normalized spacial score (nSPS) is 6.60. The van der Waals surface area contributed by atoms with Crippen molar-refractivity contribution in [2.24, 2.45) is 0 Å². The van der Waals surface area contributed by atoms with Crippen molar-refractivity contribution in [3.8, 4) is 0 Å². The van der Waals surface area contributed by atoms with E-state index in [0.29, 0.717) is 5.49 Å². The summed E-state index contributed by atoms with van der Waals surface area (Å²) in [5.74, 6) is 0. The van der Waals surface area contributed by atoms with Gasteiger partial charge >= 0.3 is 0 Å². The van der Waals surface area contributed by atoms with Crippen molar-refractivity contribution in [2.45, 2.75) is 0 Å². The summed E-state index contributed by atoms with van der Waals surface area (Å²) in [6.07, 6.45) is 0. The molecular weight excluding hydrogens is 90.1 g/mol. The summed E-state index contributed by atoms with van der Waals surface area (Å²) in [6.45, 7) is 0. The Hall–Kier alpha value is -0.350. The van der Waals surface area contributed by atoms with E-state index in [4.69, 9.17) is 14.2 Å². The fraction of sp³-hybridized carbons (Fsp3) is 0. The van der Waals surface area contributed by atoms with Crippen LogP contribution in [-0.2, 0) is 10.3 Å². The van der Waals surface area contributed by atoms with Crippen molar-refractivity contribution in [3.63, 3.8) is 0 Å². The molecule has 0 spiro atoms. The molecule has 0 unspecified atom stereocenters. The largest absolute Gasteiger partial charge is 0.226 e. The molecule has 0 aliphatic carbocycles. The molecule has 0 atom stereocenters. The summed E-state index contributed by atoms with van der Waals surface area (Å²) < 4.78 is 18.2. The second-order valence-corrected chi connectivity index (χ2v) is 1.14. The van der Waals surface area contributed by atoms with Crippen LogP contribution in [0.1, 0.15) is 0 Å². The summed E-state index contributed by atoms with van der Waals surface area (Å²) >= 11 is 0. The summed E-state index contributed by atoms with van der Waals surface area (Å²) in [7, 11) is -2.28. The molecule has 0 aromatic heterocycles. The molecule has 0 saturated carbocycles. The lowest BCUT2D eigenvalue weighted by Crippen LogP contribution is -1.67. The highest BCUT2D eigenvalue weighted by Gasteiger charge is 1.48. The molecule has 0 saturated heterocycles. The first kappa shape index (κ1) is 4.65. The van der Waals surface area contributed by atoms with Crippen molar-refractivity contribution in [1.82, 2.24) is 5.73 Å². The Morgan fingerprint density at radius 3 is 1.80 bits per heavy atom. The van der Waals surface area contributed by atoms with Gasteiger partial charge in [-0.05, 0) is 0 Å². The molecule has 1 radical (unpaired) electrons. The summed E-state index contributed by atoms with van der Waals surface area (Å²) in [4.78, 5) is 0. The van der Waals surface area contributed by atoms with Gasteiger partial charge in [0.1, 0.15) is 5.49 Å². The van der Waals surface area contributed by atoms with Crippen LogP contribution in [0.4, 0.5) is 0 Å². The minimum absolute atomic E-state index is 0.333. The molecule has 5 heavy (non-hydrogen) atoms. The highest BCUT2D eigenvalue weighted by molar-refractivity contribution is 7.71. The van der Waals surface area contributed by atoms with Crippen LogP contribution in [0.5, 0.6) is 0 Å². The lowest BCUT2D eigenvalue weighted by molar-refractivity contribution is 0.627. The first-order chi connectivity index (χ1) is 2.27. The van der Waals surface area contributed by atoms with E-state index in [9.17, 15) is 0 Å². The highest BCUT2D eigenvalue weighted by Crippen LogP contribution is 1.21. The van der Waals surface area contributed by atoms with Gasteiger partial charge in [-0.3, -0.25) is 0 Å². The predicted octanol–water partition coefficient (Wildman–Crippen LogP) is -1.09. The number of hydrogen-bond donors (Lipinski definition) is 0. The zero-order chi connectivity index (χ0) is 4.28. The van der Waals surface area contributed by atoms with Gasteiger partial charge in [-0.25, -0.2) is 5.73 Å². The number of hydrogen-bond acceptors (Lipinski definition) is 2. The fourth-order valence-electron chi connectivity index (χ4n) is 0. The van der Waals surface area contributed by atoms with E-state index in [2.05, 4.69) is 0 Å². The summed E-state index contributed by atoms with van der Waals surface area (Å²) in [5, 5.41) is 0. The van der Waals surface area contributed by atoms with Gasteiger partial charge in [0, 0.05) is 0 Å². The molecule has 0 rings (SSSR count). The van der Waals surface area contributed by atoms with E-state index in [1.165, 1.54) is 0 Å². The third-order valence-electron chi connectivity index (χ3n) is 0.0962.